The molecule has 0 aromatic carbocycles. The number of nitrogens with one attached hydrogen (secondary N) is 2. The second-order valence-electron chi connectivity index (χ2n) is 3.94. The summed E-state index contributed by atoms with van der Waals surface area (Å²) in [6, 6.07) is 0. The van der Waals surface area contributed by atoms with Crippen molar-refractivity contribution < 1.29 is 0 Å². The molecule has 0 bridgehead atoms. The van der Waals surface area contributed by atoms with Crippen molar-refractivity contribution in [1.29, 1.82) is 0 Å². The molecule has 18 heavy (non-hydrogen) atoms. The zero-order chi connectivity index (χ0) is 12.8. The Bertz CT molecular complexity index is 388. The van der Waals surface area contributed by atoms with Crippen LogP contribution in [0.2, 0.25) is 0 Å². The topological polar surface area (TPSA) is 109 Å². The van der Waals surface area contributed by atoms with Crippen LogP contribution in [0.25, 0.3) is 0 Å². The molecule has 8 nitrogen and oxygen atoms in total. The highest BCUT2D eigenvalue weighted by Crippen LogP contribution is 2.30. The van der Waals surface area contributed by atoms with E-state index in [9.17, 15) is 0 Å². The fraction of sp³-hybridized carbons (Fsp3) is 0.750. The molecule has 2 N–H and O–H groups in total. The van der Waals surface area contributed by atoms with Gasteiger partial charge >= 0.3 is 0 Å². The maximum atomic E-state index is 3.90. The van der Waals surface area contributed by atoms with Crippen LogP contribution in [0, 0.1) is 0 Å². The van der Waals surface area contributed by atoms with E-state index in [-0.39, 0.29) is 0 Å². The number of tetrazole rings is 2. The van der Waals surface area contributed by atoms with Gasteiger partial charge in [-0.05, 0) is 20.9 Å². The minimum Gasteiger partial charge on any atom is -0.243 e. The first-order valence-corrected chi connectivity index (χ1v) is 7.98. The van der Waals surface area contributed by atoms with E-state index >= 15 is 0 Å². The number of aromatic amines is 2. The maximum Gasteiger partial charge on any atom is 0.152 e. The lowest BCUT2D eigenvalue weighted by Crippen LogP contribution is -2.01. The largest absolute Gasteiger partial charge is 0.243 e. The summed E-state index contributed by atoms with van der Waals surface area (Å²) < 4.78 is 0. The summed E-state index contributed by atoms with van der Waals surface area (Å²) in [6.07, 6.45) is 0. The van der Waals surface area contributed by atoms with Crippen LogP contribution >= 0.6 is 21.6 Å². The van der Waals surface area contributed by atoms with Gasteiger partial charge in [0, 0.05) is 23.3 Å². The summed E-state index contributed by atoms with van der Waals surface area (Å²) in [5, 5.41) is 27.6. The highest BCUT2D eigenvalue weighted by molar-refractivity contribution is 8.76. The molecule has 0 aliphatic heterocycles. The lowest BCUT2D eigenvalue weighted by atomic mass is 10.2. The first-order chi connectivity index (χ1) is 8.77. The molecule has 0 aliphatic carbocycles. The van der Waals surface area contributed by atoms with Crippen molar-refractivity contribution in [2.75, 3.05) is 11.5 Å². The molecule has 2 atom stereocenters. The molecular formula is C8H14N8S2. The Kier molecular flexibility index (Phi) is 4.93. The lowest BCUT2D eigenvalue weighted by molar-refractivity contribution is 0.788. The molecule has 0 amide bonds. The number of aromatic nitrogens is 8. The first-order valence-electron chi connectivity index (χ1n) is 5.49. The maximum absolute atomic E-state index is 3.90. The second-order valence-corrected chi connectivity index (χ2v) is 6.50. The van der Waals surface area contributed by atoms with Crippen LogP contribution in [0.1, 0.15) is 37.3 Å². The summed E-state index contributed by atoms with van der Waals surface area (Å²) in [5.74, 6) is 4.22. The highest BCUT2D eigenvalue weighted by atomic mass is 33.1. The Hall–Kier alpha value is -1.16. The summed E-state index contributed by atoms with van der Waals surface area (Å²) in [7, 11) is 3.61. The van der Waals surface area contributed by atoms with Crippen molar-refractivity contribution in [3.05, 3.63) is 11.6 Å². The van der Waals surface area contributed by atoms with Crippen LogP contribution < -0.4 is 0 Å². The van der Waals surface area contributed by atoms with Gasteiger partial charge in [0.15, 0.2) is 11.6 Å². The Balaban J connectivity index is 1.64. The van der Waals surface area contributed by atoms with Gasteiger partial charge in [-0.3, -0.25) is 0 Å². The third kappa shape index (κ3) is 3.67. The van der Waals surface area contributed by atoms with E-state index in [0.29, 0.717) is 11.8 Å². The van der Waals surface area contributed by atoms with Gasteiger partial charge in [-0.2, -0.15) is 0 Å². The van der Waals surface area contributed by atoms with Crippen LogP contribution in [0.5, 0.6) is 0 Å². The molecular weight excluding hydrogens is 272 g/mol. The Labute approximate surface area is 112 Å². The van der Waals surface area contributed by atoms with Gasteiger partial charge in [-0.1, -0.05) is 35.4 Å². The van der Waals surface area contributed by atoms with E-state index in [2.05, 4.69) is 55.1 Å². The van der Waals surface area contributed by atoms with Crippen molar-refractivity contribution in [1.82, 2.24) is 41.2 Å². The Morgan fingerprint density at radius 2 is 1.33 bits per heavy atom. The monoisotopic (exact) mass is 286 g/mol. The van der Waals surface area contributed by atoms with Crippen molar-refractivity contribution in [2.45, 2.75) is 25.7 Å². The van der Waals surface area contributed by atoms with E-state index in [4.69, 9.17) is 0 Å². The zero-order valence-corrected chi connectivity index (χ0v) is 11.7. The van der Waals surface area contributed by atoms with Crippen molar-refractivity contribution >= 4 is 21.6 Å². The molecule has 0 saturated carbocycles. The predicted octanol–water partition coefficient (Wildman–Crippen LogP) is 1.00. The van der Waals surface area contributed by atoms with Crippen LogP contribution in [0.4, 0.5) is 0 Å². The number of hydrogen-bond acceptors (Lipinski definition) is 8. The van der Waals surface area contributed by atoms with Crippen molar-refractivity contribution in [3.63, 3.8) is 0 Å². The molecule has 2 rings (SSSR count). The Morgan fingerprint density at radius 3 is 1.67 bits per heavy atom. The lowest BCUT2D eigenvalue weighted by Gasteiger charge is -2.08. The highest BCUT2D eigenvalue weighted by Gasteiger charge is 2.12. The van der Waals surface area contributed by atoms with E-state index in [0.717, 1.165) is 23.2 Å². The summed E-state index contributed by atoms with van der Waals surface area (Å²) >= 11 is 0. The SMILES string of the molecule is C[C@H](CSSC[C@H](C)c1nnn[nH]1)c1nnn[nH]1. The molecule has 98 valence electrons. The fourth-order valence-corrected chi connectivity index (χ4v) is 3.93. The van der Waals surface area contributed by atoms with E-state index in [1.165, 1.54) is 0 Å². The predicted molar refractivity (Wildman–Crippen MR) is 70.1 cm³/mol. The molecule has 2 heterocycles. The minimum absolute atomic E-state index is 0.319. The molecule has 0 spiro atoms. The quantitative estimate of drug-likeness (QED) is 0.573. The van der Waals surface area contributed by atoms with Gasteiger partial charge in [-0.15, -0.1) is 10.2 Å². The van der Waals surface area contributed by atoms with Crippen molar-refractivity contribution in [2.24, 2.45) is 0 Å². The number of H-pyrrole nitrogens is 2. The molecule has 2 aromatic heterocycles. The zero-order valence-electron chi connectivity index (χ0n) is 10.1. The average molecular weight is 286 g/mol. The first kappa shape index (κ1) is 13.3. The van der Waals surface area contributed by atoms with Crippen LogP contribution in [-0.4, -0.2) is 52.8 Å². The van der Waals surface area contributed by atoms with Crippen molar-refractivity contribution in [3.8, 4) is 0 Å². The smallest absolute Gasteiger partial charge is 0.152 e. The summed E-state index contributed by atoms with van der Waals surface area (Å²) in [6.45, 7) is 4.19. The third-order valence-corrected chi connectivity index (χ3v) is 5.13. The van der Waals surface area contributed by atoms with Crippen LogP contribution in [-0.2, 0) is 0 Å². The molecule has 0 unspecified atom stereocenters. The second kappa shape index (κ2) is 6.69. The number of nitrogens with zero attached hydrogens (tertiary/aromatic N) is 6. The summed E-state index contributed by atoms with van der Waals surface area (Å²) in [4.78, 5) is 0. The normalized spacial score (nSPS) is 14.6. The Morgan fingerprint density at radius 1 is 0.889 bits per heavy atom. The van der Waals surface area contributed by atoms with E-state index < -0.39 is 0 Å². The summed E-state index contributed by atoms with van der Waals surface area (Å²) in [5.41, 5.74) is 0. The van der Waals surface area contributed by atoms with Gasteiger partial charge in [0.05, 0.1) is 0 Å². The van der Waals surface area contributed by atoms with Gasteiger partial charge < -0.3 is 0 Å². The van der Waals surface area contributed by atoms with Gasteiger partial charge in [0.2, 0.25) is 0 Å². The molecule has 10 heteroatoms. The molecule has 2 aromatic rings. The minimum atomic E-state index is 0.319. The molecule has 0 aliphatic rings. The van der Waals surface area contributed by atoms with E-state index in [1.807, 2.05) is 0 Å². The molecule has 0 radical (unpaired) electrons. The van der Waals surface area contributed by atoms with Crippen LogP contribution in [0.15, 0.2) is 0 Å². The van der Waals surface area contributed by atoms with Gasteiger partial charge in [0.1, 0.15) is 0 Å². The number of rotatable bonds is 7. The number of hydrogen-bond donors (Lipinski definition) is 2. The van der Waals surface area contributed by atoms with E-state index in [1.54, 1.807) is 21.6 Å². The third-order valence-electron chi connectivity index (χ3n) is 2.38. The van der Waals surface area contributed by atoms with Gasteiger partial charge in [0.25, 0.3) is 0 Å². The molecule has 0 fully saturated rings. The van der Waals surface area contributed by atoms with Crippen LogP contribution in [0.3, 0.4) is 0 Å². The fourth-order valence-electron chi connectivity index (χ4n) is 1.21. The average Bonchev–Trinajstić information content (AvgIpc) is 3.05. The standard InChI is InChI=1S/C8H14N8S2/c1-5(7-9-13-14-10-7)3-17-18-4-6(2)8-11-15-16-12-8/h5-6H,3-4H2,1-2H3,(H,9,10,13,14)(H,11,12,15,16)/t5-,6+. The van der Waals surface area contributed by atoms with Gasteiger partial charge in [-0.25, -0.2) is 10.2 Å². The molecule has 0 saturated heterocycles.